The number of thiazole rings is 1. The van der Waals surface area contributed by atoms with Crippen LogP contribution in [-0.2, 0) is 21.2 Å². The standard InChI is InChI=1S/C18H25N3O8S2/c1-21(8-13(23)16(26)17(27)14(24)9-22)15(25)7-11-10-30-18(19-11)20-31(28,29)12-5-3-2-4-6-12/h2-6,10,13-14,16-17,22-24,26-27H,7-9H2,1H3,(H,19,20). The van der Waals surface area contributed by atoms with Gasteiger partial charge < -0.3 is 30.4 Å². The molecule has 11 nitrogen and oxygen atoms in total. The molecule has 0 radical (unpaired) electrons. The van der Waals surface area contributed by atoms with Gasteiger partial charge in [-0.05, 0) is 12.1 Å². The van der Waals surface area contributed by atoms with Gasteiger partial charge in [-0.3, -0.25) is 9.52 Å². The van der Waals surface area contributed by atoms with E-state index < -0.39 is 47.0 Å². The van der Waals surface area contributed by atoms with Gasteiger partial charge in [-0.25, -0.2) is 13.4 Å². The van der Waals surface area contributed by atoms with Gasteiger partial charge in [0.15, 0.2) is 5.13 Å². The van der Waals surface area contributed by atoms with E-state index in [1.165, 1.54) is 24.6 Å². The molecule has 0 aliphatic heterocycles. The van der Waals surface area contributed by atoms with E-state index in [9.17, 15) is 33.6 Å². The number of aromatic nitrogens is 1. The molecule has 2 rings (SSSR count). The Morgan fingerprint density at radius 3 is 2.35 bits per heavy atom. The fraction of sp³-hybridized carbons (Fsp3) is 0.444. The average molecular weight is 476 g/mol. The van der Waals surface area contributed by atoms with Gasteiger partial charge in [-0.1, -0.05) is 18.2 Å². The van der Waals surface area contributed by atoms with Crippen molar-refractivity contribution in [3.8, 4) is 0 Å². The van der Waals surface area contributed by atoms with Crippen LogP contribution < -0.4 is 4.72 Å². The predicted molar refractivity (Wildman–Crippen MR) is 112 cm³/mol. The predicted octanol–water partition coefficient (Wildman–Crippen LogP) is -1.62. The lowest BCUT2D eigenvalue weighted by molar-refractivity contribution is -0.137. The van der Waals surface area contributed by atoms with E-state index in [-0.39, 0.29) is 23.0 Å². The number of anilines is 1. The van der Waals surface area contributed by atoms with Crippen molar-refractivity contribution >= 4 is 32.4 Å². The largest absolute Gasteiger partial charge is 0.394 e. The molecule has 1 amide bonds. The summed E-state index contributed by atoms with van der Waals surface area (Å²) in [5.41, 5.74) is 0.304. The Morgan fingerprint density at radius 1 is 1.13 bits per heavy atom. The first-order valence-corrected chi connectivity index (χ1v) is 11.5. The van der Waals surface area contributed by atoms with Gasteiger partial charge in [0.05, 0.1) is 23.6 Å². The highest BCUT2D eigenvalue weighted by molar-refractivity contribution is 7.93. The Bertz CT molecular complexity index is 954. The molecule has 1 aromatic heterocycles. The fourth-order valence-electron chi connectivity index (χ4n) is 2.55. The zero-order chi connectivity index (χ0) is 23.2. The van der Waals surface area contributed by atoms with E-state index in [1.807, 2.05) is 0 Å². The van der Waals surface area contributed by atoms with Gasteiger partial charge in [-0.15, -0.1) is 11.3 Å². The number of nitrogens with one attached hydrogen (secondary N) is 1. The second kappa shape index (κ2) is 10.9. The van der Waals surface area contributed by atoms with Crippen molar-refractivity contribution in [2.24, 2.45) is 0 Å². The third kappa shape index (κ3) is 6.93. The number of aliphatic hydroxyl groups is 5. The number of carbonyl (C=O) groups excluding carboxylic acids is 1. The van der Waals surface area contributed by atoms with Crippen molar-refractivity contribution in [1.29, 1.82) is 0 Å². The fourth-order valence-corrected chi connectivity index (χ4v) is 4.54. The first-order valence-electron chi connectivity index (χ1n) is 9.14. The third-order valence-electron chi connectivity index (χ3n) is 4.37. The van der Waals surface area contributed by atoms with E-state index in [0.717, 1.165) is 16.2 Å². The summed E-state index contributed by atoms with van der Waals surface area (Å²) in [6.45, 7) is -1.16. The van der Waals surface area contributed by atoms with Crippen LogP contribution in [0.4, 0.5) is 5.13 Å². The van der Waals surface area contributed by atoms with Gasteiger partial charge in [0.2, 0.25) is 5.91 Å². The smallest absolute Gasteiger partial charge is 0.263 e. The molecular weight excluding hydrogens is 450 g/mol. The highest BCUT2D eigenvalue weighted by Gasteiger charge is 2.31. The van der Waals surface area contributed by atoms with Crippen LogP contribution in [0, 0.1) is 0 Å². The summed E-state index contributed by atoms with van der Waals surface area (Å²) in [5.74, 6) is -0.480. The number of rotatable bonds is 11. The molecule has 6 N–H and O–H groups in total. The first kappa shape index (κ1) is 25.1. The minimum absolute atomic E-state index is 0.0728. The summed E-state index contributed by atoms with van der Waals surface area (Å²) < 4.78 is 27.0. The van der Waals surface area contributed by atoms with Crippen LogP contribution in [0.1, 0.15) is 5.69 Å². The third-order valence-corrected chi connectivity index (χ3v) is 6.66. The van der Waals surface area contributed by atoms with E-state index in [0.29, 0.717) is 5.69 Å². The zero-order valence-corrected chi connectivity index (χ0v) is 18.2. The van der Waals surface area contributed by atoms with Gasteiger partial charge in [0.1, 0.15) is 24.4 Å². The van der Waals surface area contributed by atoms with Crippen molar-refractivity contribution in [3.05, 3.63) is 41.4 Å². The maximum absolute atomic E-state index is 12.4. The molecule has 172 valence electrons. The first-order chi connectivity index (χ1) is 14.5. The molecule has 0 aliphatic rings. The zero-order valence-electron chi connectivity index (χ0n) is 16.6. The Balaban J connectivity index is 1.93. The monoisotopic (exact) mass is 475 g/mol. The minimum Gasteiger partial charge on any atom is -0.394 e. The molecular formula is C18H25N3O8S2. The highest BCUT2D eigenvalue weighted by Crippen LogP contribution is 2.20. The van der Waals surface area contributed by atoms with Crippen LogP contribution in [0.15, 0.2) is 40.6 Å². The lowest BCUT2D eigenvalue weighted by Gasteiger charge is -2.28. The molecule has 4 atom stereocenters. The van der Waals surface area contributed by atoms with Crippen LogP contribution in [0.2, 0.25) is 0 Å². The summed E-state index contributed by atoms with van der Waals surface area (Å²) in [4.78, 5) is 17.6. The summed E-state index contributed by atoms with van der Waals surface area (Å²) in [6.07, 6.45) is -6.98. The van der Waals surface area contributed by atoms with Gasteiger partial charge in [0.25, 0.3) is 10.0 Å². The molecule has 0 fully saturated rings. The van der Waals surface area contributed by atoms with Crippen LogP contribution >= 0.6 is 11.3 Å². The van der Waals surface area contributed by atoms with Gasteiger partial charge in [-0.2, -0.15) is 0 Å². The van der Waals surface area contributed by atoms with Crippen LogP contribution in [-0.4, -0.2) is 94.4 Å². The van der Waals surface area contributed by atoms with Gasteiger partial charge >= 0.3 is 0 Å². The van der Waals surface area contributed by atoms with E-state index in [1.54, 1.807) is 18.2 Å². The molecule has 1 aromatic carbocycles. The Morgan fingerprint density at radius 2 is 1.74 bits per heavy atom. The number of nitrogens with zero attached hydrogens (tertiary/aromatic N) is 2. The summed E-state index contributed by atoms with van der Waals surface area (Å²) in [5, 5.41) is 49.2. The molecule has 13 heteroatoms. The molecule has 0 spiro atoms. The second-order valence-electron chi connectivity index (χ2n) is 6.81. The molecule has 4 unspecified atom stereocenters. The minimum atomic E-state index is -3.81. The van der Waals surface area contributed by atoms with Crippen molar-refractivity contribution in [1.82, 2.24) is 9.88 Å². The maximum atomic E-state index is 12.4. The van der Waals surface area contributed by atoms with Crippen molar-refractivity contribution in [2.45, 2.75) is 35.7 Å². The van der Waals surface area contributed by atoms with E-state index >= 15 is 0 Å². The number of carbonyl (C=O) groups is 1. The molecule has 0 aliphatic carbocycles. The second-order valence-corrected chi connectivity index (χ2v) is 9.35. The number of hydrogen-bond acceptors (Lipinski definition) is 10. The summed E-state index contributed by atoms with van der Waals surface area (Å²) >= 11 is 1.01. The topological polar surface area (TPSA) is 181 Å². The lowest BCUT2D eigenvalue weighted by atomic mass is 10.0. The average Bonchev–Trinajstić information content (AvgIpc) is 3.18. The van der Waals surface area contributed by atoms with Crippen LogP contribution in [0.25, 0.3) is 0 Å². The van der Waals surface area contributed by atoms with Crippen molar-refractivity contribution in [2.75, 3.05) is 24.9 Å². The van der Waals surface area contributed by atoms with Crippen molar-refractivity contribution in [3.63, 3.8) is 0 Å². The van der Waals surface area contributed by atoms with Crippen molar-refractivity contribution < 1.29 is 38.7 Å². The van der Waals surface area contributed by atoms with E-state index in [2.05, 4.69) is 9.71 Å². The number of amides is 1. The molecule has 2 aromatic rings. The Hall–Kier alpha value is -2.13. The quantitative estimate of drug-likeness (QED) is 0.223. The summed E-state index contributed by atoms with van der Waals surface area (Å²) in [7, 11) is -2.45. The van der Waals surface area contributed by atoms with Gasteiger partial charge in [0, 0.05) is 19.0 Å². The van der Waals surface area contributed by atoms with Crippen LogP contribution in [0.5, 0.6) is 0 Å². The Labute approximate surface area is 183 Å². The number of hydrogen-bond donors (Lipinski definition) is 6. The number of aliphatic hydroxyl groups excluding tert-OH is 5. The number of sulfonamides is 1. The van der Waals surface area contributed by atoms with Crippen LogP contribution in [0.3, 0.4) is 0 Å². The molecule has 31 heavy (non-hydrogen) atoms. The molecule has 0 saturated carbocycles. The molecule has 0 bridgehead atoms. The molecule has 0 saturated heterocycles. The van der Waals surface area contributed by atoms with E-state index in [4.69, 9.17) is 5.11 Å². The SMILES string of the molecule is CN(CC(O)C(O)C(O)C(O)CO)C(=O)Cc1csc(NS(=O)(=O)c2ccccc2)n1. The maximum Gasteiger partial charge on any atom is 0.263 e. The number of benzene rings is 1. The highest BCUT2D eigenvalue weighted by atomic mass is 32.2. The normalized spacial score (nSPS) is 15.7. The molecule has 1 heterocycles. The Kier molecular flexibility index (Phi) is 8.88. The lowest BCUT2D eigenvalue weighted by Crippen LogP contribution is -2.50. The number of likely N-dealkylation sites (N-methyl/N-ethyl adjacent to an activating group) is 1. The summed E-state index contributed by atoms with van der Waals surface area (Å²) in [6, 6.07) is 7.74.